The second-order valence-electron chi connectivity index (χ2n) is 6.88. The molecule has 0 aliphatic heterocycles. The predicted molar refractivity (Wildman–Crippen MR) is 120 cm³/mol. The van der Waals surface area contributed by atoms with E-state index in [-0.39, 0.29) is 0 Å². The molecule has 0 heterocycles. The summed E-state index contributed by atoms with van der Waals surface area (Å²) in [6.07, 6.45) is 5.83. The second-order valence-corrected chi connectivity index (χ2v) is 6.88. The molecule has 0 atom stereocenters. The minimum absolute atomic E-state index is 0.471. The van der Waals surface area contributed by atoms with Gasteiger partial charge in [0.05, 0.1) is 0 Å². The van der Waals surface area contributed by atoms with Crippen LogP contribution in [-0.2, 0) is 6.61 Å². The van der Waals surface area contributed by atoms with Gasteiger partial charge in [0.15, 0.2) is 0 Å². The zero-order valence-corrected chi connectivity index (χ0v) is 17.4. The summed E-state index contributed by atoms with van der Waals surface area (Å²) in [5.74, 6) is 1.54. The van der Waals surface area contributed by atoms with Crippen molar-refractivity contribution >= 4 is 5.57 Å². The first-order valence-electron chi connectivity index (χ1n) is 9.50. The van der Waals surface area contributed by atoms with Crippen LogP contribution in [0.4, 0.5) is 0 Å². The van der Waals surface area contributed by atoms with Crippen LogP contribution in [0.3, 0.4) is 0 Å². The lowest BCUT2D eigenvalue weighted by atomic mass is 10.1. The van der Waals surface area contributed by atoms with Crippen LogP contribution in [0.25, 0.3) is 5.57 Å². The Bertz CT molecular complexity index is 900. The number of allylic oxidation sites excluding steroid dienone is 4. The Hall–Kier alpha value is -3.00. The smallest absolute Gasteiger partial charge is 0.124 e. The molecule has 2 aromatic carbocycles. The third-order valence-electron chi connectivity index (χ3n) is 4.68. The lowest BCUT2D eigenvalue weighted by Gasteiger charge is -2.14. The van der Waals surface area contributed by atoms with Gasteiger partial charge < -0.3 is 9.47 Å². The summed E-state index contributed by atoms with van der Waals surface area (Å²) in [5.41, 5.74) is 6.64. The molecule has 0 N–H and O–H groups in total. The van der Waals surface area contributed by atoms with Gasteiger partial charge in [-0.1, -0.05) is 61.2 Å². The minimum atomic E-state index is 0.471. The fourth-order valence-electron chi connectivity index (χ4n) is 2.70. The van der Waals surface area contributed by atoms with Gasteiger partial charge in [-0.3, -0.25) is 0 Å². The van der Waals surface area contributed by atoms with Gasteiger partial charge in [0.2, 0.25) is 0 Å². The van der Waals surface area contributed by atoms with Gasteiger partial charge in [-0.05, 0) is 67.7 Å². The Morgan fingerprint density at radius 3 is 2.32 bits per heavy atom. The van der Waals surface area contributed by atoms with Crippen LogP contribution in [0.15, 0.2) is 85.0 Å². The Kier molecular flexibility index (Phi) is 7.88. The Morgan fingerprint density at radius 2 is 1.71 bits per heavy atom. The van der Waals surface area contributed by atoms with Crippen LogP contribution < -0.4 is 9.47 Å². The number of hydrogen-bond acceptors (Lipinski definition) is 2. The first-order chi connectivity index (χ1) is 13.4. The summed E-state index contributed by atoms with van der Waals surface area (Å²) in [7, 11) is 0. The molecule has 0 amide bonds. The highest BCUT2D eigenvalue weighted by molar-refractivity contribution is 5.64. The summed E-state index contributed by atoms with van der Waals surface area (Å²) < 4.78 is 12.1. The van der Waals surface area contributed by atoms with E-state index in [0.29, 0.717) is 13.2 Å². The fraction of sp³-hybridized carbons (Fsp3) is 0.231. The van der Waals surface area contributed by atoms with Crippen molar-refractivity contribution in [2.45, 2.75) is 34.3 Å². The molecule has 0 aliphatic rings. The summed E-state index contributed by atoms with van der Waals surface area (Å²) >= 11 is 0. The van der Waals surface area contributed by atoms with E-state index >= 15 is 0 Å². The van der Waals surface area contributed by atoms with Crippen LogP contribution >= 0.6 is 0 Å². The standard InChI is InChI=1S/C26H30O2/c1-7-11-22(20(5)8-2)17-27-25-14-24(19(3)4)15-26(16-25)28-18-23-13-10-9-12-21(23)6/h7-16H,1,3,17-18H2,2,4-6H3/b20-8-,22-11-. The van der Waals surface area contributed by atoms with Crippen molar-refractivity contribution in [1.29, 1.82) is 0 Å². The first kappa shape index (κ1) is 21.3. The normalized spacial score (nSPS) is 11.9. The van der Waals surface area contributed by atoms with Crippen molar-refractivity contribution in [1.82, 2.24) is 0 Å². The molecule has 2 heteroatoms. The van der Waals surface area contributed by atoms with Crippen LogP contribution in [0.2, 0.25) is 0 Å². The van der Waals surface area contributed by atoms with E-state index in [1.807, 2.05) is 50.3 Å². The maximum Gasteiger partial charge on any atom is 0.124 e. The molecular weight excluding hydrogens is 344 g/mol. The monoisotopic (exact) mass is 374 g/mol. The molecule has 28 heavy (non-hydrogen) atoms. The minimum Gasteiger partial charge on any atom is -0.489 e. The number of aryl methyl sites for hydroxylation is 1. The highest BCUT2D eigenvalue weighted by Crippen LogP contribution is 2.28. The van der Waals surface area contributed by atoms with Gasteiger partial charge >= 0.3 is 0 Å². The molecule has 0 bridgehead atoms. The Balaban J connectivity index is 2.20. The van der Waals surface area contributed by atoms with Crippen LogP contribution in [0, 0.1) is 6.92 Å². The number of hydrogen-bond donors (Lipinski definition) is 0. The van der Waals surface area contributed by atoms with Gasteiger partial charge in [0.1, 0.15) is 24.7 Å². The molecule has 2 aromatic rings. The van der Waals surface area contributed by atoms with Crippen molar-refractivity contribution in [2.75, 3.05) is 6.61 Å². The molecule has 0 aromatic heterocycles. The maximum absolute atomic E-state index is 6.07. The van der Waals surface area contributed by atoms with Crippen molar-refractivity contribution in [3.63, 3.8) is 0 Å². The number of benzene rings is 2. The third kappa shape index (κ3) is 6.02. The largest absolute Gasteiger partial charge is 0.489 e. The molecule has 0 saturated heterocycles. The molecule has 2 rings (SSSR count). The number of rotatable bonds is 9. The zero-order chi connectivity index (χ0) is 20.5. The van der Waals surface area contributed by atoms with E-state index in [2.05, 4.69) is 45.2 Å². The van der Waals surface area contributed by atoms with E-state index < -0.39 is 0 Å². The van der Waals surface area contributed by atoms with E-state index in [9.17, 15) is 0 Å². The summed E-state index contributed by atoms with van der Waals surface area (Å²) in [6.45, 7) is 17.0. The lowest BCUT2D eigenvalue weighted by molar-refractivity contribution is 0.300. The quantitative estimate of drug-likeness (QED) is 0.437. The fourth-order valence-corrected chi connectivity index (χ4v) is 2.70. The summed E-state index contributed by atoms with van der Waals surface area (Å²) in [4.78, 5) is 0. The third-order valence-corrected chi connectivity index (χ3v) is 4.68. The molecule has 0 saturated carbocycles. The predicted octanol–water partition coefficient (Wildman–Crippen LogP) is 7.06. The average molecular weight is 375 g/mol. The molecule has 0 unspecified atom stereocenters. The van der Waals surface area contributed by atoms with E-state index in [1.54, 1.807) is 6.08 Å². The van der Waals surface area contributed by atoms with Crippen LogP contribution in [-0.4, -0.2) is 6.61 Å². The van der Waals surface area contributed by atoms with Crippen molar-refractivity contribution < 1.29 is 9.47 Å². The molecule has 0 aliphatic carbocycles. The second kappa shape index (κ2) is 10.4. The van der Waals surface area contributed by atoms with Crippen molar-refractivity contribution in [2.24, 2.45) is 0 Å². The van der Waals surface area contributed by atoms with Gasteiger partial charge in [0.25, 0.3) is 0 Å². The highest BCUT2D eigenvalue weighted by Gasteiger charge is 2.07. The molecule has 2 nitrogen and oxygen atoms in total. The molecule has 0 spiro atoms. The molecule has 0 radical (unpaired) electrons. The first-order valence-corrected chi connectivity index (χ1v) is 9.50. The Morgan fingerprint density at radius 1 is 1.04 bits per heavy atom. The zero-order valence-electron chi connectivity index (χ0n) is 17.4. The SMILES string of the molecule is C=C/C=C(COc1cc(OCc2ccccc2C)cc(C(=C)C)c1)\C(C)=C/C. The van der Waals surface area contributed by atoms with Crippen LogP contribution in [0.1, 0.15) is 37.5 Å². The lowest BCUT2D eigenvalue weighted by Crippen LogP contribution is -2.04. The summed E-state index contributed by atoms with van der Waals surface area (Å²) in [5, 5.41) is 0. The summed E-state index contributed by atoms with van der Waals surface area (Å²) in [6, 6.07) is 14.2. The van der Waals surface area contributed by atoms with Crippen molar-refractivity contribution in [3.8, 4) is 11.5 Å². The maximum atomic E-state index is 6.07. The van der Waals surface area contributed by atoms with Gasteiger partial charge in [-0.25, -0.2) is 0 Å². The molecule has 0 fully saturated rings. The Labute approximate surface area is 169 Å². The van der Waals surface area contributed by atoms with E-state index in [4.69, 9.17) is 9.47 Å². The topological polar surface area (TPSA) is 18.5 Å². The van der Waals surface area contributed by atoms with Gasteiger partial charge in [-0.15, -0.1) is 0 Å². The number of ether oxygens (including phenoxy) is 2. The van der Waals surface area contributed by atoms with Crippen LogP contribution in [0.5, 0.6) is 11.5 Å². The van der Waals surface area contributed by atoms with Gasteiger partial charge in [-0.2, -0.15) is 0 Å². The van der Waals surface area contributed by atoms with E-state index in [0.717, 1.165) is 28.2 Å². The van der Waals surface area contributed by atoms with Gasteiger partial charge in [0, 0.05) is 6.07 Å². The average Bonchev–Trinajstić information content (AvgIpc) is 2.69. The van der Waals surface area contributed by atoms with Crippen molar-refractivity contribution in [3.05, 3.63) is 102 Å². The highest BCUT2D eigenvalue weighted by atomic mass is 16.5. The molecule has 146 valence electrons. The van der Waals surface area contributed by atoms with E-state index in [1.165, 1.54) is 16.7 Å². The molecular formula is C26H30O2.